The molecular formula is C67H85F3N8O17. The van der Waals surface area contributed by atoms with Crippen molar-refractivity contribution in [3.05, 3.63) is 167 Å². The number of amides is 7. The van der Waals surface area contributed by atoms with E-state index in [-0.39, 0.29) is 101 Å². The van der Waals surface area contributed by atoms with Gasteiger partial charge < -0.3 is 75.3 Å². The number of carbonyl (C=O) groups is 8. The Hall–Kier alpha value is -9.03. The summed E-state index contributed by atoms with van der Waals surface area (Å²) in [6.07, 6.45) is -9.21. The summed E-state index contributed by atoms with van der Waals surface area (Å²) in [6, 6.07) is 39.7. The van der Waals surface area contributed by atoms with Crippen molar-refractivity contribution in [2.75, 3.05) is 45.3 Å². The number of nitrogens with one attached hydrogen (secondary N) is 7. The fourth-order valence-electron chi connectivity index (χ4n) is 9.20. The Morgan fingerprint density at radius 2 is 1.16 bits per heavy atom. The molecule has 1 saturated heterocycles. The fraction of sp³-hybridized carbons (Fsp3) is 0.433. The minimum atomic E-state index is -5.08. The zero-order chi connectivity index (χ0) is 69.1. The van der Waals surface area contributed by atoms with E-state index in [1.807, 2.05) is 135 Å². The highest BCUT2D eigenvalue weighted by Crippen LogP contribution is 2.32. The first-order valence-corrected chi connectivity index (χ1v) is 30.8. The maximum Gasteiger partial charge on any atom is 0.490 e. The van der Waals surface area contributed by atoms with E-state index in [0.717, 1.165) is 22.3 Å². The topological polar surface area (TPSA) is 341 Å². The molecule has 1 fully saturated rings. The van der Waals surface area contributed by atoms with Crippen LogP contribution in [0.25, 0.3) is 0 Å². The van der Waals surface area contributed by atoms with E-state index in [1.165, 1.54) is 26.2 Å². The lowest BCUT2D eigenvalue weighted by molar-refractivity contribution is -0.328. The molecule has 0 aliphatic carbocycles. The van der Waals surface area contributed by atoms with Crippen molar-refractivity contribution >= 4 is 53.2 Å². The van der Waals surface area contributed by atoms with Gasteiger partial charge in [0.2, 0.25) is 23.6 Å². The number of nitrogens with two attached hydrogens (primary N) is 1. The highest BCUT2D eigenvalue weighted by atomic mass is 19.4. The minimum Gasteiger partial charge on any atom is -0.496 e. The number of hydrogen-bond donors (Lipinski definition) is 9. The third-order valence-corrected chi connectivity index (χ3v) is 14.1. The van der Waals surface area contributed by atoms with Crippen LogP contribution in [-0.2, 0) is 88.4 Å². The van der Waals surface area contributed by atoms with Gasteiger partial charge in [-0.25, -0.2) is 9.59 Å². The van der Waals surface area contributed by atoms with Gasteiger partial charge in [0.15, 0.2) is 6.29 Å². The van der Waals surface area contributed by atoms with Crippen LogP contribution in [0, 0.1) is 5.92 Å². The number of carboxylic acid groups (broad SMARTS) is 1. The van der Waals surface area contributed by atoms with E-state index in [4.69, 9.17) is 53.5 Å². The van der Waals surface area contributed by atoms with E-state index < -0.39 is 90.7 Å². The molecule has 6 rings (SSSR count). The van der Waals surface area contributed by atoms with Crippen LogP contribution in [0.3, 0.4) is 0 Å². The van der Waals surface area contributed by atoms with Crippen LogP contribution in [0.15, 0.2) is 140 Å². The number of alkyl carbamates (subject to hydrolysis) is 1. The van der Waals surface area contributed by atoms with E-state index >= 15 is 0 Å². The van der Waals surface area contributed by atoms with Gasteiger partial charge in [0, 0.05) is 32.1 Å². The van der Waals surface area contributed by atoms with Crippen LogP contribution in [0.4, 0.5) is 23.7 Å². The summed E-state index contributed by atoms with van der Waals surface area (Å²) < 4.78 is 82.3. The maximum atomic E-state index is 13.9. The molecule has 516 valence electrons. The number of carboxylic acids is 1. The number of anilines is 1. The Balaban J connectivity index is 0.00000220. The van der Waals surface area contributed by atoms with Crippen LogP contribution >= 0.6 is 0 Å². The Labute approximate surface area is 549 Å². The standard InChI is InChI=1S/C65H84N8O15.C2HF3O2/c1-43(2)56(71-60(76)44(3)66)63(79)67-34-20-35-83-64-59(86-40-48-25-14-8-15-26-48)58(85-39-47-23-12-7-13-24-47)57(84-38-46-21-10-6-11-22-46)54(88-64)42-82-36-32-55(75)70-52(29-18-19-33-68-65(80)87-41-49-27-16-9-17-28-49)62(78)73-72-61(77)51-37-50(69-45(4)74)30-31-53(51)81-5;3-2(4,5)1(6)7/h6-17,21-28,30-31,37,43-44,52,54,56-59,64H,18-20,29,32-36,38-42,66H2,1-5H3,(H,67,79)(H,68,80)(H,69,74)(H,70,75)(H,71,76)(H,72,77)(H,73,78);(H,6,7)/t44-,52-,54+,56-,57+,58-,59+,64?;/m0./s1. The van der Waals surface area contributed by atoms with Crippen molar-refractivity contribution < 1.29 is 94.5 Å². The van der Waals surface area contributed by atoms with Crippen LogP contribution in [0.5, 0.6) is 5.75 Å². The number of methoxy groups -OCH3 is 1. The van der Waals surface area contributed by atoms with Gasteiger partial charge >= 0.3 is 18.2 Å². The molecule has 7 amide bonds. The van der Waals surface area contributed by atoms with E-state index in [1.54, 1.807) is 13.0 Å². The van der Waals surface area contributed by atoms with Gasteiger partial charge in [-0.05, 0) is 79.0 Å². The molecule has 10 N–H and O–H groups in total. The molecule has 0 spiro atoms. The molecule has 28 heteroatoms. The SMILES string of the molecule is COc1ccc(NC(C)=O)cc1C(=O)NNC(=O)[C@H](CCCCNC(=O)OCc1ccccc1)NC(=O)CCOC[C@H]1OC(OCCCNC(=O)[C@@H](NC(=O)[C@H](C)N)C(C)C)[C@H](OCc2ccccc2)[C@@H](OCc2ccccc2)[C@@H]1OCc1ccccc1.O=C(O)C(F)(F)F. The Morgan fingerprint density at radius 1 is 0.621 bits per heavy atom. The highest BCUT2D eigenvalue weighted by Gasteiger charge is 2.49. The lowest BCUT2D eigenvalue weighted by Crippen LogP contribution is -2.62. The maximum absolute atomic E-state index is 13.9. The molecule has 1 aliphatic rings. The van der Waals surface area contributed by atoms with E-state index in [0.29, 0.717) is 24.9 Å². The van der Waals surface area contributed by atoms with Crippen LogP contribution in [-0.4, -0.2) is 148 Å². The Bertz CT molecular complexity index is 3180. The van der Waals surface area contributed by atoms with Gasteiger partial charge in [0.05, 0.1) is 58.4 Å². The number of alkyl halides is 3. The second-order valence-electron chi connectivity index (χ2n) is 22.1. The van der Waals surface area contributed by atoms with Gasteiger partial charge in [-0.2, -0.15) is 13.2 Å². The van der Waals surface area contributed by atoms with Crippen molar-refractivity contribution in [1.82, 2.24) is 32.1 Å². The van der Waals surface area contributed by atoms with Crippen molar-refractivity contribution in [3.63, 3.8) is 0 Å². The number of unbranched alkanes of at least 4 members (excludes halogenated alkanes) is 1. The summed E-state index contributed by atoms with van der Waals surface area (Å²) in [7, 11) is 1.37. The summed E-state index contributed by atoms with van der Waals surface area (Å²) in [5.41, 5.74) is 14.4. The number of hydrogen-bond acceptors (Lipinski definition) is 17. The third-order valence-electron chi connectivity index (χ3n) is 14.1. The van der Waals surface area contributed by atoms with E-state index in [2.05, 4.69) is 37.4 Å². The quantitative estimate of drug-likeness (QED) is 0.0154. The molecule has 25 nitrogen and oxygen atoms in total. The van der Waals surface area contributed by atoms with Crippen LogP contribution in [0.2, 0.25) is 0 Å². The second kappa shape index (κ2) is 40.9. The molecule has 1 heterocycles. The van der Waals surface area contributed by atoms with Crippen LogP contribution in [0.1, 0.15) is 92.4 Å². The second-order valence-corrected chi connectivity index (χ2v) is 22.1. The van der Waals surface area contributed by atoms with Gasteiger partial charge in [0.25, 0.3) is 11.8 Å². The number of carbonyl (C=O) groups excluding carboxylic acids is 7. The molecular weight excluding hydrogens is 1250 g/mol. The number of benzene rings is 5. The molecule has 5 aromatic rings. The van der Waals surface area contributed by atoms with Gasteiger partial charge in [-0.3, -0.25) is 39.6 Å². The monoisotopic (exact) mass is 1330 g/mol. The number of hydrazine groups is 1. The summed E-state index contributed by atoms with van der Waals surface area (Å²) in [5, 5.41) is 20.8. The van der Waals surface area contributed by atoms with Gasteiger partial charge in [-0.15, -0.1) is 0 Å². The molecule has 0 radical (unpaired) electrons. The average Bonchev–Trinajstić information content (AvgIpc) is 0.799. The lowest BCUT2D eigenvalue weighted by Gasteiger charge is -2.46. The first-order chi connectivity index (χ1) is 45.5. The number of halogens is 3. The van der Waals surface area contributed by atoms with Crippen molar-refractivity contribution in [2.45, 2.75) is 141 Å². The first-order valence-electron chi connectivity index (χ1n) is 30.8. The van der Waals surface area contributed by atoms with Crippen molar-refractivity contribution in [1.29, 1.82) is 0 Å². The van der Waals surface area contributed by atoms with Crippen molar-refractivity contribution in [3.8, 4) is 5.75 Å². The zero-order valence-corrected chi connectivity index (χ0v) is 53.6. The third kappa shape index (κ3) is 28.2. The summed E-state index contributed by atoms with van der Waals surface area (Å²) in [6.45, 7) is 7.35. The Kier molecular flexibility index (Phi) is 33.0. The largest absolute Gasteiger partial charge is 0.496 e. The Morgan fingerprint density at radius 3 is 1.68 bits per heavy atom. The predicted molar refractivity (Wildman–Crippen MR) is 340 cm³/mol. The van der Waals surface area contributed by atoms with Crippen LogP contribution < -0.4 is 47.9 Å². The molecule has 5 aromatic carbocycles. The van der Waals surface area contributed by atoms with Gasteiger partial charge in [-0.1, -0.05) is 135 Å². The normalized spacial score (nSPS) is 16.8. The average molecular weight is 1330 g/mol. The number of aliphatic carboxylic acids is 1. The molecule has 1 unspecified atom stereocenters. The number of ether oxygens (including phenoxy) is 8. The van der Waals surface area contributed by atoms with E-state index in [9.17, 15) is 46.7 Å². The molecule has 0 saturated carbocycles. The molecule has 0 aromatic heterocycles. The zero-order valence-electron chi connectivity index (χ0n) is 53.6. The predicted octanol–water partition coefficient (Wildman–Crippen LogP) is 6.53. The smallest absolute Gasteiger partial charge is 0.490 e. The first kappa shape index (κ1) is 76.7. The minimum absolute atomic E-state index is 0.0112. The lowest BCUT2D eigenvalue weighted by atomic mass is 9.97. The van der Waals surface area contributed by atoms with Crippen molar-refractivity contribution in [2.24, 2.45) is 11.7 Å². The summed E-state index contributed by atoms with van der Waals surface area (Å²) >= 11 is 0. The molecule has 1 aliphatic heterocycles. The molecule has 95 heavy (non-hydrogen) atoms. The number of rotatable bonds is 35. The summed E-state index contributed by atoms with van der Waals surface area (Å²) in [4.78, 5) is 100. The molecule has 8 atom stereocenters. The summed E-state index contributed by atoms with van der Waals surface area (Å²) in [5.74, 6) is -6.02. The molecule has 0 bridgehead atoms. The fourth-order valence-corrected chi connectivity index (χ4v) is 9.20. The highest BCUT2D eigenvalue weighted by molar-refractivity contribution is 6.00. The van der Waals surface area contributed by atoms with Gasteiger partial charge in [0.1, 0.15) is 48.9 Å².